The summed E-state index contributed by atoms with van der Waals surface area (Å²) in [6.07, 6.45) is 6.11. The van der Waals surface area contributed by atoms with Gasteiger partial charge >= 0.3 is 12.0 Å². The van der Waals surface area contributed by atoms with Crippen molar-refractivity contribution in [2.75, 3.05) is 6.61 Å². The van der Waals surface area contributed by atoms with Crippen molar-refractivity contribution in [3.8, 4) is 11.5 Å². The minimum Gasteiger partial charge on any atom is -0.504 e. The molecule has 0 radical (unpaired) electrons. The highest BCUT2D eigenvalue weighted by Crippen LogP contribution is 2.39. The van der Waals surface area contributed by atoms with E-state index in [-0.39, 0.29) is 16.0 Å². The molecule has 2 aliphatic rings. The summed E-state index contributed by atoms with van der Waals surface area (Å²) < 4.78 is 5.88. The first-order valence-electron chi connectivity index (χ1n) is 9.59. The van der Waals surface area contributed by atoms with E-state index in [1.54, 1.807) is 6.07 Å². The Labute approximate surface area is 172 Å². The van der Waals surface area contributed by atoms with E-state index < -0.39 is 18.0 Å². The molecule has 1 heterocycles. The highest BCUT2D eigenvalue weighted by molar-refractivity contribution is 9.10. The highest BCUT2D eigenvalue weighted by atomic mass is 79.9. The number of benzene rings is 1. The number of halogens is 1. The first-order valence-corrected chi connectivity index (χ1v) is 10.4. The summed E-state index contributed by atoms with van der Waals surface area (Å²) in [4.78, 5) is 25.0. The van der Waals surface area contributed by atoms with Crippen molar-refractivity contribution < 1.29 is 24.5 Å². The topological polar surface area (TPSA) is 108 Å². The van der Waals surface area contributed by atoms with Crippen molar-refractivity contribution in [3.63, 3.8) is 0 Å². The minimum atomic E-state index is -0.787. The Morgan fingerprint density at radius 2 is 1.96 bits per heavy atom. The van der Waals surface area contributed by atoms with Gasteiger partial charge in [0.05, 0.1) is 22.7 Å². The lowest BCUT2D eigenvalue weighted by atomic mass is 9.90. The van der Waals surface area contributed by atoms with E-state index in [1.807, 2.05) is 6.92 Å². The Morgan fingerprint density at radius 1 is 1.25 bits per heavy atom. The first kappa shape index (κ1) is 20.5. The van der Waals surface area contributed by atoms with Gasteiger partial charge in [0.15, 0.2) is 11.5 Å². The van der Waals surface area contributed by atoms with Gasteiger partial charge in [-0.1, -0.05) is 26.2 Å². The van der Waals surface area contributed by atoms with Crippen molar-refractivity contribution >= 4 is 27.9 Å². The van der Waals surface area contributed by atoms with Gasteiger partial charge in [0, 0.05) is 5.70 Å². The van der Waals surface area contributed by atoms with Crippen molar-refractivity contribution in [2.24, 2.45) is 5.92 Å². The number of phenols is 2. The molecule has 3 rings (SSSR count). The van der Waals surface area contributed by atoms with Crippen LogP contribution in [0.15, 0.2) is 27.9 Å². The molecule has 2 amide bonds. The van der Waals surface area contributed by atoms with Crippen LogP contribution in [0.4, 0.5) is 4.79 Å². The molecule has 0 aromatic heterocycles. The summed E-state index contributed by atoms with van der Waals surface area (Å²) in [5.41, 5.74) is 1.27. The number of amides is 2. The van der Waals surface area contributed by atoms with Crippen LogP contribution < -0.4 is 10.6 Å². The van der Waals surface area contributed by atoms with E-state index in [9.17, 15) is 19.8 Å². The first-order chi connectivity index (χ1) is 13.4. The maximum Gasteiger partial charge on any atom is 0.338 e. The Balaban J connectivity index is 1.88. The fourth-order valence-corrected chi connectivity index (χ4v) is 4.25. The molecule has 0 spiro atoms. The number of carbonyl (C=O) groups is 2. The van der Waals surface area contributed by atoms with E-state index >= 15 is 0 Å². The van der Waals surface area contributed by atoms with E-state index in [0.717, 1.165) is 25.7 Å². The Hall–Kier alpha value is -2.22. The van der Waals surface area contributed by atoms with Gasteiger partial charge < -0.3 is 25.6 Å². The maximum absolute atomic E-state index is 12.9. The molecular weight excluding hydrogens is 428 g/mol. The predicted molar refractivity (Wildman–Crippen MR) is 107 cm³/mol. The third kappa shape index (κ3) is 4.43. The number of esters is 1. The lowest BCUT2D eigenvalue weighted by Crippen LogP contribution is -2.46. The SMILES string of the molecule is CCC1=C(C(=O)OCC2CCCCC2)C(c2cc(O)c(O)c(Br)c2)NC(=O)N1. The second-order valence-electron chi connectivity index (χ2n) is 7.25. The molecule has 1 aliphatic carbocycles. The number of hydrogen-bond donors (Lipinski definition) is 4. The zero-order valence-corrected chi connectivity index (χ0v) is 17.3. The summed E-state index contributed by atoms with van der Waals surface area (Å²) in [6.45, 7) is 2.21. The van der Waals surface area contributed by atoms with Crippen molar-refractivity contribution in [1.82, 2.24) is 10.6 Å². The predicted octanol–water partition coefficient (Wildman–Crippen LogP) is 4.00. The fraction of sp³-hybridized carbons (Fsp3) is 0.500. The summed E-state index contributed by atoms with van der Waals surface area (Å²) >= 11 is 3.18. The van der Waals surface area contributed by atoms with Gasteiger partial charge in [-0.3, -0.25) is 0 Å². The van der Waals surface area contributed by atoms with Crippen molar-refractivity contribution in [1.29, 1.82) is 0 Å². The average Bonchev–Trinajstić information content (AvgIpc) is 2.69. The summed E-state index contributed by atoms with van der Waals surface area (Å²) in [7, 11) is 0. The monoisotopic (exact) mass is 452 g/mol. The molecule has 1 atom stereocenters. The molecule has 1 unspecified atom stereocenters. The number of aromatic hydroxyl groups is 2. The van der Waals surface area contributed by atoms with Gasteiger partial charge in [-0.25, -0.2) is 9.59 Å². The summed E-state index contributed by atoms with van der Waals surface area (Å²) in [5.74, 6) is -0.751. The van der Waals surface area contributed by atoms with Crippen LogP contribution in [0.1, 0.15) is 57.1 Å². The Kier molecular flexibility index (Phi) is 6.49. The highest BCUT2D eigenvalue weighted by Gasteiger charge is 2.34. The number of hydrogen-bond acceptors (Lipinski definition) is 5. The Bertz CT molecular complexity index is 779. The largest absolute Gasteiger partial charge is 0.504 e. The van der Waals surface area contributed by atoms with Crippen LogP contribution in [0.3, 0.4) is 0 Å². The van der Waals surface area contributed by atoms with Gasteiger partial charge in [-0.05, 0) is 58.8 Å². The van der Waals surface area contributed by atoms with E-state index in [1.165, 1.54) is 12.5 Å². The molecule has 1 fully saturated rings. The second-order valence-corrected chi connectivity index (χ2v) is 8.10. The molecule has 4 N–H and O–H groups in total. The molecule has 0 saturated heterocycles. The molecular formula is C20H25BrN2O5. The van der Waals surface area contributed by atoms with Crippen LogP contribution in [-0.4, -0.2) is 28.8 Å². The van der Waals surface area contributed by atoms with Gasteiger partial charge in [-0.2, -0.15) is 0 Å². The van der Waals surface area contributed by atoms with Gasteiger partial charge in [0.25, 0.3) is 0 Å². The van der Waals surface area contributed by atoms with Crippen LogP contribution in [0, 0.1) is 5.92 Å². The quantitative estimate of drug-likeness (QED) is 0.398. The molecule has 8 heteroatoms. The standard InChI is InChI=1S/C20H25BrN2O5/c1-2-14-16(19(26)28-10-11-6-4-3-5-7-11)17(23-20(27)22-14)12-8-13(21)18(25)15(24)9-12/h8-9,11,17,24-25H,2-7,10H2,1H3,(H2,22,23,27). The molecule has 1 aromatic rings. The van der Waals surface area contributed by atoms with Crippen LogP contribution in [0.2, 0.25) is 0 Å². The smallest absolute Gasteiger partial charge is 0.338 e. The maximum atomic E-state index is 12.9. The number of carbonyl (C=O) groups excluding carboxylic acids is 2. The van der Waals surface area contributed by atoms with Crippen molar-refractivity contribution in [2.45, 2.75) is 51.5 Å². The van der Waals surface area contributed by atoms with Gasteiger partial charge in [0.2, 0.25) is 0 Å². The Morgan fingerprint density at radius 3 is 2.61 bits per heavy atom. The van der Waals surface area contributed by atoms with Gasteiger partial charge in [0.1, 0.15) is 0 Å². The average molecular weight is 453 g/mol. The fourth-order valence-electron chi connectivity index (χ4n) is 3.78. The van der Waals surface area contributed by atoms with E-state index in [2.05, 4.69) is 26.6 Å². The lowest BCUT2D eigenvalue weighted by Gasteiger charge is -2.30. The molecule has 152 valence electrons. The molecule has 1 aromatic carbocycles. The summed E-state index contributed by atoms with van der Waals surface area (Å²) in [5, 5.41) is 25.1. The molecule has 28 heavy (non-hydrogen) atoms. The second kappa shape index (κ2) is 8.86. The lowest BCUT2D eigenvalue weighted by molar-refractivity contribution is -0.141. The van der Waals surface area contributed by atoms with Crippen LogP contribution >= 0.6 is 15.9 Å². The van der Waals surface area contributed by atoms with Crippen LogP contribution in [0.5, 0.6) is 11.5 Å². The van der Waals surface area contributed by atoms with Crippen LogP contribution in [-0.2, 0) is 9.53 Å². The van der Waals surface area contributed by atoms with Gasteiger partial charge in [-0.15, -0.1) is 0 Å². The minimum absolute atomic E-state index is 0.267. The zero-order valence-electron chi connectivity index (χ0n) is 15.8. The zero-order chi connectivity index (χ0) is 20.3. The number of urea groups is 1. The molecule has 1 saturated carbocycles. The molecule has 1 aliphatic heterocycles. The number of nitrogens with one attached hydrogen (secondary N) is 2. The van der Waals surface area contributed by atoms with Crippen molar-refractivity contribution in [3.05, 3.63) is 33.4 Å². The van der Waals surface area contributed by atoms with E-state index in [4.69, 9.17) is 4.74 Å². The number of allylic oxidation sites excluding steroid dienone is 1. The summed E-state index contributed by atoms with van der Waals surface area (Å²) in [6, 6.07) is 1.67. The number of rotatable bonds is 5. The third-order valence-electron chi connectivity index (χ3n) is 5.30. The van der Waals surface area contributed by atoms with Crippen LogP contribution in [0.25, 0.3) is 0 Å². The number of ether oxygens (including phenoxy) is 1. The van der Waals surface area contributed by atoms with E-state index in [0.29, 0.717) is 35.8 Å². The third-order valence-corrected chi connectivity index (χ3v) is 5.91. The molecule has 0 bridgehead atoms. The number of phenolic OH excluding ortho intramolecular Hbond substituents is 2. The molecule has 7 nitrogen and oxygen atoms in total. The normalized spacial score (nSPS) is 20.5.